The Hall–Kier alpha value is -2.97. The molecule has 1 heterocycles. The average molecular weight is 380 g/mol. The molecule has 1 aliphatic heterocycles. The number of carbonyl (C=O) groups is 1. The van der Waals surface area contributed by atoms with Gasteiger partial charge in [0, 0.05) is 6.54 Å². The van der Waals surface area contributed by atoms with Crippen LogP contribution in [0.2, 0.25) is 0 Å². The number of carbonyl (C=O) groups excluding carboxylic acids is 1. The fraction of sp³-hybridized carbons (Fsp3) is 0.222. The zero-order valence-corrected chi connectivity index (χ0v) is 16.5. The van der Waals surface area contributed by atoms with Gasteiger partial charge in [0.15, 0.2) is 5.78 Å². The molecule has 3 aromatic carbocycles. The van der Waals surface area contributed by atoms with Crippen LogP contribution < -0.4 is 0 Å². The summed E-state index contributed by atoms with van der Waals surface area (Å²) >= 11 is 0. The van der Waals surface area contributed by atoms with Crippen LogP contribution in [0.1, 0.15) is 42.0 Å². The van der Waals surface area contributed by atoms with Crippen LogP contribution in [-0.2, 0) is 11.3 Å². The van der Waals surface area contributed by atoms with Gasteiger partial charge in [-0.3, -0.25) is 9.69 Å². The molecule has 1 spiro atoms. The van der Waals surface area contributed by atoms with Gasteiger partial charge in [-0.25, -0.2) is 0 Å². The number of hydrogen-bond acceptors (Lipinski definition) is 2. The van der Waals surface area contributed by atoms with E-state index in [1.54, 1.807) is 0 Å². The van der Waals surface area contributed by atoms with Gasteiger partial charge in [0.05, 0.1) is 6.04 Å². The van der Waals surface area contributed by atoms with Crippen LogP contribution >= 0.6 is 0 Å². The summed E-state index contributed by atoms with van der Waals surface area (Å²) in [5, 5.41) is 0. The van der Waals surface area contributed by atoms with Crippen molar-refractivity contribution in [2.75, 3.05) is 0 Å². The van der Waals surface area contributed by atoms with E-state index in [9.17, 15) is 4.79 Å². The molecule has 0 bridgehead atoms. The molecule has 144 valence electrons. The highest BCUT2D eigenvalue weighted by molar-refractivity contribution is 6.09. The highest BCUT2D eigenvalue weighted by Gasteiger charge is 2.68. The maximum absolute atomic E-state index is 13.8. The van der Waals surface area contributed by atoms with E-state index in [2.05, 4.69) is 71.6 Å². The third-order valence-corrected chi connectivity index (χ3v) is 6.35. The monoisotopic (exact) mass is 379 g/mol. The molecule has 1 saturated heterocycles. The zero-order chi connectivity index (χ0) is 19.7. The summed E-state index contributed by atoms with van der Waals surface area (Å²) < 4.78 is 0. The van der Waals surface area contributed by atoms with E-state index in [4.69, 9.17) is 0 Å². The van der Waals surface area contributed by atoms with Crippen molar-refractivity contribution in [1.29, 1.82) is 0 Å². The van der Waals surface area contributed by atoms with Gasteiger partial charge in [-0.05, 0) is 47.6 Å². The van der Waals surface area contributed by atoms with Crippen LogP contribution in [0.3, 0.4) is 0 Å². The normalized spacial score (nSPS) is 27.3. The van der Waals surface area contributed by atoms with E-state index in [1.165, 1.54) is 11.1 Å². The van der Waals surface area contributed by atoms with Crippen molar-refractivity contribution in [2.45, 2.75) is 37.4 Å². The van der Waals surface area contributed by atoms with Crippen LogP contribution in [0, 0.1) is 0 Å². The van der Waals surface area contributed by atoms with E-state index < -0.39 is 5.54 Å². The Morgan fingerprint density at radius 3 is 2.17 bits per heavy atom. The SMILES string of the molecule is O=C1/C(=C\c2ccccc2)CCC[C@@]12[C@@H](c1ccccc1)N2Cc1ccccc1. The lowest BCUT2D eigenvalue weighted by Gasteiger charge is -2.24. The number of hydrogen-bond donors (Lipinski definition) is 0. The highest BCUT2D eigenvalue weighted by Crippen LogP contribution is 2.60. The van der Waals surface area contributed by atoms with Gasteiger partial charge in [-0.15, -0.1) is 0 Å². The fourth-order valence-corrected chi connectivity index (χ4v) is 4.97. The number of Topliss-reactive ketones (excluding diaryl/α,β-unsaturated/α-hetero) is 1. The molecular formula is C27H25NO. The van der Waals surface area contributed by atoms with Crippen molar-refractivity contribution < 1.29 is 4.79 Å². The van der Waals surface area contributed by atoms with Gasteiger partial charge in [-0.1, -0.05) is 91.0 Å². The summed E-state index contributed by atoms with van der Waals surface area (Å²) in [5.41, 5.74) is 4.20. The van der Waals surface area contributed by atoms with Gasteiger partial charge >= 0.3 is 0 Å². The minimum atomic E-state index is -0.393. The predicted octanol–water partition coefficient (Wildman–Crippen LogP) is 5.82. The van der Waals surface area contributed by atoms with Crippen LogP contribution in [0.25, 0.3) is 6.08 Å². The summed E-state index contributed by atoms with van der Waals surface area (Å²) in [6, 6.07) is 31.4. The Morgan fingerprint density at radius 1 is 0.862 bits per heavy atom. The molecule has 2 fully saturated rings. The second-order valence-corrected chi connectivity index (χ2v) is 8.11. The lowest BCUT2D eigenvalue weighted by molar-refractivity contribution is -0.120. The molecule has 2 aliphatic rings. The van der Waals surface area contributed by atoms with Crippen molar-refractivity contribution in [2.24, 2.45) is 0 Å². The van der Waals surface area contributed by atoms with Crippen LogP contribution in [-0.4, -0.2) is 16.2 Å². The first-order valence-electron chi connectivity index (χ1n) is 10.4. The minimum absolute atomic E-state index is 0.163. The third-order valence-electron chi connectivity index (χ3n) is 6.35. The molecule has 0 radical (unpaired) electrons. The Labute approximate surface area is 172 Å². The quantitative estimate of drug-likeness (QED) is 0.420. The lowest BCUT2D eigenvalue weighted by atomic mass is 9.79. The molecule has 29 heavy (non-hydrogen) atoms. The van der Waals surface area contributed by atoms with Gasteiger partial charge in [-0.2, -0.15) is 0 Å². The zero-order valence-electron chi connectivity index (χ0n) is 16.5. The van der Waals surface area contributed by atoms with Gasteiger partial charge in [0.2, 0.25) is 0 Å². The summed E-state index contributed by atoms with van der Waals surface area (Å²) in [7, 11) is 0. The van der Waals surface area contributed by atoms with Crippen LogP contribution in [0.4, 0.5) is 0 Å². The van der Waals surface area contributed by atoms with E-state index in [-0.39, 0.29) is 6.04 Å². The molecule has 0 N–H and O–H groups in total. The molecule has 2 nitrogen and oxygen atoms in total. The standard InChI is InChI=1S/C27H25NO/c29-26-24(19-21-11-4-1-5-12-21)17-10-18-27(26)25(23-15-8-3-9-16-23)28(27)20-22-13-6-2-7-14-22/h1-9,11-16,19,25H,10,17-18,20H2/b24-19-/t25-,27-,28?/m1/s1. The third kappa shape index (κ3) is 3.24. The largest absolute Gasteiger partial charge is 0.292 e. The summed E-state index contributed by atoms with van der Waals surface area (Å²) in [6.45, 7) is 0.810. The van der Waals surface area contributed by atoms with Gasteiger partial charge in [0.25, 0.3) is 0 Å². The highest BCUT2D eigenvalue weighted by atomic mass is 16.1. The number of nitrogens with zero attached hydrogens (tertiary/aromatic N) is 1. The smallest absolute Gasteiger partial charge is 0.181 e. The summed E-state index contributed by atoms with van der Waals surface area (Å²) in [6.07, 6.45) is 4.96. The molecular weight excluding hydrogens is 354 g/mol. The molecule has 1 saturated carbocycles. The van der Waals surface area contributed by atoms with Gasteiger partial charge < -0.3 is 0 Å². The second-order valence-electron chi connectivity index (χ2n) is 8.11. The molecule has 0 amide bonds. The van der Waals surface area contributed by atoms with E-state index >= 15 is 0 Å². The molecule has 3 aromatic rings. The van der Waals surface area contributed by atoms with E-state index in [1.807, 2.05) is 30.3 Å². The van der Waals surface area contributed by atoms with Crippen molar-refractivity contribution >= 4 is 11.9 Å². The first-order valence-corrected chi connectivity index (χ1v) is 10.4. The Bertz CT molecular complexity index is 1030. The maximum Gasteiger partial charge on any atom is 0.181 e. The maximum atomic E-state index is 13.8. The Morgan fingerprint density at radius 2 is 1.48 bits per heavy atom. The molecule has 1 unspecified atom stereocenters. The second kappa shape index (κ2) is 7.46. The van der Waals surface area contributed by atoms with Crippen molar-refractivity contribution in [3.63, 3.8) is 0 Å². The topological polar surface area (TPSA) is 20.1 Å². The fourth-order valence-electron chi connectivity index (χ4n) is 4.97. The Balaban J connectivity index is 1.51. The number of benzene rings is 3. The number of rotatable bonds is 4. The molecule has 3 atom stereocenters. The Kier molecular flexibility index (Phi) is 4.65. The van der Waals surface area contributed by atoms with Crippen molar-refractivity contribution in [3.05, 3.63) is 113 Å². The summed E-state index contributed by atoms with van der Waals surface area (Å²) in [5.74, 6) is 0.317. The minimum Gasteiger partial charge on any atom is -0.292 e. The van der Waals surface area contributed by atoms with Gasteiger partial charge in [0.1, 0.15) is 5.54 Å². The molecule has 5 rings (SSSR count). The van der Waals surface area contributed by atoms with Crippen molar-refractivity contribution in [3.8, 4) is 0 Å². The molecule has 1 aliphatic carbocycles. The van der Waals surface area contributed by atoms with Crippen LogP contribution in [0.15, 0.2) is 96.6 Å². The predicted molar refractivity (Wildman–Crippen MR) is 117 cm³/mol. The summed E-state index contributed by atoms with van der Waals surface area (Å²) in [4.78, 5) is 16.2. The molecule has 2 heteroatoms. The molecule has 0 aromatic heterocycles. The number of ketones is 1. The van der Waals surface area contributed by atoms with Crippen molar-refractivity contribution in [1.82, 2.24) is 4.90 Å². The van der Waals surface area contributed by atoms with Crippen LogP contribution in [0.5, 0.6) is 0 Å². The lowest BCUT2D eigenvalue weighted by Crippen LogP contribution is -2.34. The average Bonchev–Trinajstić information content (AvgIpc) is 3.40. The van der Waals surface area contributed by atoms with E-state index in [0.29, 0.717) is 5.78 Å². The first kappa shape index (κ1) is 18.1. The first-order chi connectivity index (χ1) is 14.3. The van der Waals surface area contributed by atoms with E-state index in [0.717, 1.165) is 36.9 Å².